The highest BCUT2D eigenvalue weighted by atomic mass is 31.2. The lowest BCUT2D eigenvalue weighted by Crippen LogP contribution is -2.29. The van der Waals surface area contributed by atoms with Crippen LogP contribution in [0, 0.1) is 0 Å². The van der Waals surface area contributed by atoms with E-state index >= 15 is 4.57 Å². The molecule has 4 rings (SSSR count). The Hall–Kier alpha value is -3.46. The summed E-state index contributed by atoms with van der Waals surface area (Å²) in [5.41, 5.74) is 3.95. The summed E-state index contributed by atoms with van der Waals surface area (Å²) in [7, 11) is -3.31. The molecule has 2 atom stereocenters. The highest BCUT2D eigenvalue weighted by Gasteiger charge is 2.32. The van der Waals surface area contributed by atoms with Crippen LogP contribution in [0.5, 0.6) is 5.75 Å². The monoisotopic (exact) mass is 552 g/mol. The van der Waals surface area contributed by atoms with Crippen LogP contribution in [0.4, 0.5) is 5.69 Å². The number of aromatic hydroxyl groups is 1. The number of aliphatic imine (C=N–C) groups is 1. The first-order valence-electron chi connectivity index (χ1n) is 13.8. The van der Waals surface area contributed by atoms with Crippen LogP contribution in [0.15, 0.2) is 102 Å². The Kier molecular flexibility index (Phi) is 8.54. The van der Waals surface area contributed by atoms with Crippen LogP contribution in [-0.2, 0) is 15.4 Å². The summed E-state index contributed by atoms with van der Waals surface area (Å²) in [6.45, 7) is 14.8. The molecule has 5 heteroatoms. The highest BCUT2D eigenvalue weighted by molar-refractivity contribution is 7.77. The van der Waals surface area contributed by atoms with Gasteiger partial charge in [0.15, 0.2) is 0 Å². The standard InChI is InChI=1S/C35H41N2O2P/c1-25(26-16-10-8-11-17-26)37-40(39,29-18-12-9-13-19-29)32-21-15-14-20-31(32)36-24-27-22-28(34(2,3)4)23-30(33(27)38)35(5,6)7/h8-25,38H,1-7H3,(H,37,39)/t25-,40?/m1/s1. The van der Waals surface area contributed by atoms with Crippen LogP contribution in [0.25, 0.3) is 0 Å². The molecule has 40 heavy (non-hydrogen) atoms. The molecular formula is C35H41N2O2P. The zero-order valence-corrected chi connectivity index (χ0v) is 25.5. The second kappa shape index (κ2) is 11.6. The smallest absolute Gasteiger partial charge is 0.207 e. The third kappa shape index (κ3) is 6.46. The summed E-state index contributed by atoms with van der Waals surface area (Å²) in [6, 6.07) is 31.1. The van der Waals surface area contributed by atoms with Crippen molar-refractivity contribution in [2.45, 2.75) is 65.3 Å². The summed E-state index contributed by atoms with van der Waals surface area (Å²) in [4.78, 5) is 4.86. The number of phenols is 1. The van der Waals surface area contributed by atoms with E-state index < -0.39 is 7.29 Å². The molecule has 4 aromatic rings. The van der Waals surface area contributed by atoms with Gasteiger partial charge in [0.05, 0.1) is 11.0 Å². The Labute approximate surface area is 239 Å². The quantitative estimate of drug-likeness (QED) is 0.179. The summed E-state index contributed by atoms with van der Waals surface area (Å²) < 4.78 is 15.0. The third-order valence-electron chi connectivity index (χ3n) is 7.17. The Morgan fingerprint density at radius 1 is 0.800 bits per heavy atom. The van der Waals surface area contributed by atoms with Gasteiger partial charge in [-0.15, -0.1) is 0 Å². The van der Waals surface area contributed by atoms with Gasteiger partial charge in [0, 0.05) is 28.7 Å². The SMILES string of the molecule is C[C@@H](NP(=O)(c1ccccc1)c1ccccc1N=Cc1cc(C(C)(C)C)cc(C(C)(C)C)c1O)c1ccccc1. The summed E-state index contributed by atoms with van der Waals surface area (Å²) >= 11 is 0. The Bertz CT molecular complexity index is 1530. The van der Waals surface area contributed by atoms with E-state index in [1.54, 1.807) is 6.21 Å². The molecule has 0 saturated heterocycles. The Balaban J connectivity index is 1.84. The van der Waals surface area contributed by atoms with Crippen molar-refractivity contribution in [2.24, 2.45) is 4.99 Å². The van der Waals surface area contributed by atoms with Gasteiger partial charge in [-0.3, -0.25) is 14.6 Å². The molecule has 0 aliphatic rings. The summed E-state index contributed by atoms with van der Waals surface area (Å²) in [5, 5.41) is 16.1. The molecular weight excluding hydrogens is 511 g/mol. The topological polar surface area (TPSA) is 61.7 Å². The molecule has 0 aliphatic heterocycles. The number of rotatable bonds is 7. The molecule has 0 fully saturated rings. The van der Waals surface area contributed by atoms with Crippen molar-refractivity contribution in [2.75, 3.05) is 0 Å². The number of nitrogens with zero attached hydrogens (tertiary/aromatic N) is 1. The molecule has 0 spiro atoms. The number of para-hydroxylation sites is 1. The van der Waals surface area contributed by atoms with E-state index in [0.29, 0.717) is 21.9 Å². The molecule has 4 nitrogen and oxygen atoms in total. The molecule has 0 amide bonds. The number of hydrogen-bond donors (Lipinski definition) is 2. The third-order valence-corrected chi connectivity index (χ3v) is 10.0. The van der Waals surface area contributed by atoms with E-state index in [2.05, 4.69) is 52.7 Å². The molecule has 2 N–H and O–H groups in total. The summed E-state index contributed by atoms with van der Waals surface area (Å²) in [5.74, 6) is 0.226. The first-order valence-corrected chi connectivity index (χ1v) is 15.5. The van der Waals surface area contributed by atoms with Gasteiger partial charge in [-0.1, -0.05) is 108 Å². The van der Waals surface area contributed by atoms with Crippen molar-refractivity contribution in [3.63, 3.8) is 0 Å². The van der Waals surface area contributed by atoms with Crippen LogP contribution in [0.1, 0.15) is 76.8 Å². The van der Waals surface area contributed by atoms with Crippen LogP contribution in [0.3, 0.4) is 0 Å². The Morgan fingerprint density at radius 2 is 1.38 bits per heavy atom. The number of hydrogen-bond acceptors (Lipinski definition) is 3. The van der Waals surface area contributed by atoms with Crippen molar-refractivity contribution in [1.82, 2.24) is 5.09 Å². The second-order valence-electron chi connectivity index (χ2n) is 12.4. The molecule has 208 valence electrons. The molecule has 0 aromatic heterocycles. The first kappa shape index (κ1) is 29.5. The second-order valence-corrected chi connectivity index (χ2v) is 14.9. The van der Waals surface area contributed by atoms with Crippen molar-refractivity contribution in [1.29, 1.82) is 0 Å². The summed E-state index contributed by atoms with van der Waals surface area (Å²) in [6.07, 6.45) is 1.70. The van der Waals surface area contributed by atoms with Crippen molar-refractivity contribution in [3.8, 4) is 5.75 Å². The fraction of sp³-hybridized carbons (Fsp3) is 0.286. The molecule has 4 aromatic carbocycles. The lowest BCUT2D eigenvalue weighted by molar-refractivity contribution is 0.444. The molecule has 0 saturated carbocycles. The lowest BCUT2D eigenvalue weighted by Gasteiger charge is -2.27. The molecule has 0 bridgehead atoms. The van der Waals surface area contributed by atoms with Crippen molar-refractivity contribution >= 4 is 29.8 Å². The largest absolute Gasteiger partial charge is 0.507 e. The number of nitrogens with one attached hydrogen (secondary N) is 1. The maximum absolute atomic E-state index is 15.0. The minimum atomic E-state index is -3.31. The van der Waals surface area contributed by atoms with Gasteiger partial charge in [-0.05, 0) is 59.2 Å². The molecule has 0 heterocycles. The van der Waals surface area contributed by atoms with E-state index in [9.17, 15) is 5.11 Å². The van der Waals surface area contributed by atoms with Crippen molar-refractivity contribution < 1.29 is 9.67 Å². The van der Waals surface area contributed by atoms with E-state index in [4.69, 9.17) is 4.99 Å². The van der Waals surface area contributed by atoms with Crippen LogP contribution in [-0.4, -0.2) is 11.3 Å². The van der Waals surface area contributed by atoms with Crippen LogP contribution in [0.2, 0.25) is 0 Å². The fourth-order valence-corrected chi connectivity index (χ4v) is 7.35. The maximum atomic E-state index is 15.0. The average molecular weight is 553 g/mol. The highest BCUT2D eigenvalue weighted by Crippen LogP contribution is 2.44. The average Bonchev–Trinajstić information content (AvgIpc) is 2.92. The fourth-order valence-electron chi connectivity index (χ4n) is 4.75. The van der Waals surface area contributed by atoms with Gasteiger partial charge in [-0.25, -0.2) is 0 Å². The van der Waals surface area contributed by atoms with Gasteiger partial charge in [0.25, 0.3) is 0 Å². The van der Waals surface area contributed by atoms with Gasteiger partial charge in [-0.2, -0.15) is 0 Å². The molecule has 1 unspecified atom stereocenters. The van der Waals surface area contributed by atoms with E-state index in [1.165, 1.54) is 0 Å². The van der Waals surface area contributed by atoms with E-state index in [-0.39, 0.29) is 22.6 Å². The normalized spacial score (nSPS) is 14.7. The molecule has 0 aliphatic carbocycles. The van der Waals surface area contributed by atoms with Gasteiger partial charge >= 0.3 is 0 Å². The first-order chi connectivity index (χ1) is 18.8. The van der Waals surface area contributed by atoms with Gasteiger partial charge in [0.2, 0.25) is 7.29 Å². The van der Waals surface area contributed by atoms with Gasteiger partial charge in [0.1, 0.15) is 5.75 Å². The minimum Gasteiger partial charge on any atom is -0.507 e. The van der Waals surface area contributed by atoms with E-state index in [0.717, 1.165) is 16.7 Å². The molecule has 0 radical (unpaired) electrons. The van der Waals surface area contributed by atoms with Crippen molar-refractivity contribution in [3.05, 3.63) is 119 Å². The minimum absolute atomic E-state index is 0.102. The zero-order valence-electron chi connectivity index (χ0n) is 24.6. The zero-order chi connectivity index (χ0) is 29.1. The van der Waals surface area contributed by atoms with Gasteiger partial charge < -0.3 is 5.11 Å². The number of benzene rings is 4. The predicted octanol–water partition coefficient (Wildman–Crippen LogP) is 8.32. The Morgan fingerprint density at radius 3 is 1.98 bits per heavy atom. The van der Waals surface area contributed by atoms with Crippen LogP contribution < -0.4 is 15.7 Å². The number of phenolic OH excluding ortho intramolecular Hbond substituents is 1. The predicted molar refractivity (Wildman–Crippen MR) is 171 cm³/mol. The van der Waals surface area contributed by atoms with Crippen LogP contribution >= 0.6 is 7.29 Å². The maximum Gasteiger partial charge on any atom is 0.207 e. The van der Waals surface area contributed by atoms with E-state index in [1.807, 2.05) is 97.9 Å². The lowest BCUT2D eigenvalue weighted by atomic mass is 9.79.